The van der Waals surface area contributed by atoms with E-state index >= 15 is 0 Å². The summed E-state index contributed by atoms with van der Waals surface area (Å²) in [7, 11) is -0.147. The van der Waals surface area contributed by atoms with Crippen molar-refractivity contribution in [2.24, 2.45) is 0 Å². The van der Waals surface area contributed by atoms with Crippen LogP contribution in [-0.4, -0.2) is 44.7 Å². The first-order valence-electron chi connectivity index (χ1n) is 7.05. The highest BCUT2D eigenvalue weighted by Crippen LogP contribution is 2.08. The number of methoxy groups -OCH3 is 2. The summed E-state index contributed by atoms with van der Waals surface area (Å²) in [6, 6.07) is 12.8. The van der Waals surface area contributed by atoms with Crippen molar-refractivity contribution in [1.29, 1.82) is 0 Å². The van der Waals surface area contributed by atoms with E-state index in [2.05, 4.69) is 0 Å². The van der Waals surface area contributed by atoms with Gasteiger partial charge in [0.2, 0.25) is 0 Å². The van der Waals surface area contributed by atoms with Gasteiger partial charge >= 0.3 is 20.4 Å². The molecular weight excluding hydrogens is 314 g/mol. The van der Waals surface area contributed by atoms with Crippen molar-refractivity contribution < 1.29 is 33.6 Å². The van der Waals surface area contributed by atoms with E-state index in [0.717, 1.165) is 0 Å². The molecule has 124 valence electrons. The Kier molecular flexibility index (Phi) is 6.11. The van der Waals surface area contributed by atoms with Gasteiger partial charge < -0.3 is 28.8 Å². The zero-order valence-electron chi connectivity index (χ0n) is 13.2. The molecule has 0 aliphatic heterocycles. The summed E-state index contributed by atoms with van der Waals surface area (Å²) >= 11 is 0. The van der Waals surface area contributed by atoms with Gasteiger partial charge in [-0.1, -0.05) is 24.3 Å². The summed E-state index contributed by atoms with van der Waals surface area (Å²) in [5.74, 6) is 1.000. The summed E-state index contributed by atoms with van der Waals surface area (Å²) in [4.78, 5) is 11.7. The lowest BCUT2D eigenvalue weighted by molar-refractivity contribution is 0.138. The number of hydrogen-bond donors (Lipinski definition) is 2. The van der Waals surface area contributed by atoms with Crippen LogP contribution in [0.4, 0.5) is 4.79 Å². The average Bonchev–Trinajstić information content (AvgIpc) is 2.61. The van der Waals surface area contributed by atoms with E-state index in [9.17, 15) is 14.8 Å². The van der Waals surface area contributed by atoms with Gasteiger partial charge in [0, 0.05) is 10.9 Å². The standard InChI is InChI=1S/C15H16B2O7/c1-21-13-7-3-5-11(9-13)16(19)23-15(18)24-17(20)12-6-4-8-14(10-12)22-2/h3-10,19-20H,1-2H3. The second kappa shape index (κ2) is 8.28. The van der Waals surface area contributed by atoms with Crippen molar-refractivity contribution >= 4 is 31.3 Å². The highest BCUT2D eigenvalue weighted by Gasteiger charge is 2.28. The van der Waals surface area contributed by atoms with Crippen LogP contribution in [0.5, 0.6) is 11.5 Å². The van der Waals surface area contributed by atoms with E-state index in [1.807, 2.05) is 0 Å². The third kappa shape index (κ3) is 4.68. The number of benzene rings is 2. The molecule has 0 unspecified atom stereocenters. The molecule has 0 saturated carbocycles. The van der Waals surface area contributed by atoms with Gasteiger partial charge in [-0.25, -0.2) is 4.79 Å². The van der Waals surface area contributed by atoms with E-state index < -0.39 is 20.4 Å². The Hall–Kier alpha value is -2.64. The van der Waals surface area contributed by atoms with Gasteiger partial charge in [0.05, 0.1) is 14.2 Å². The van der Waals surface area contributed by atoms with Crippen LogP contribution in [0, 0.1) is 0 Å². The Balaban J connectivity index is 1.96. The molecule has 0 heterocycles. The number of ether oxygens (including phenoxy) is 2. The summed E-state index contributed by atoms with van der Waals surface area (Å²) in [6.45, 7) is 0. The Morgan fingerprint density at radius 2 is 1.25 bits per heavy atom. The molecule has 2 aromatic carbocycles. The van der Waals surface area contributed by atoms with E-state index in [0.29, 0.717) is 22.4 Å². The first kappa shape index (κ1) is 17.7. The van der Waals surface area contributed by atoms with Crippen molar-refractivity contribution in [1.82, 2.24) is 0 Å². The van der Waals surface area contributed by atoms with Gasteiger partial charge in [-0.3, -0.25) is 0 Å². The monoisotopic (exact) mass is 330 g/mol. The molecule has 9 heteroatoms. The molecule has 0 bridgehead atoms. The second-order valence-electron chi connectivity index (χ2n) is 4.74. The van der Waals surface area contributed by atoms with Crippen LogP contribution in [0.1, 0.15) is 0 Å². The highest BCUT2D eigenvalue weighted by atomic mass is 16.7. The minimum Gasteiger partial charge on any atom is -0.497 e. The lowest BCUT2D eigenvalue weighted by atomic mass is 9.79. The summed E-state index contributed by atoms with van der Waals surface area (Å²) in [5, 5.41) is 19.8. The molecular formula is C15H16B2O7. The Morgan fingerprint density at radius 1 is 0.833 bits per heavy atom. The molecule has 0 atom stereocenters. The minimum atomic E-state index is -1.55. The van der Waals surface area contributed by atoms with Crippen molar-refractivity contribution in [3.8, 4) is 11.5 Å². The smallest absolute Gasteiger partial charge is 0.497 e. The van der Waals surface area contributed by atoms with Crippen LogP contribution >= 0.6 is 0 Å². The fourth-order valence-electron chi connectivity index (χ4n) is 1.94. The molecule has 0 spiro atoms. The minimum absolute atomic E-state index is 0.308. The van der Waals surface area contributed by atoms with Crippen molar-refractivity contribution in [3.05, 3.63) is 48.5 Å². The molecule has 2 N–H and O–H groups in total. The molecule has 0 aromatic heterocycles. The van der Waals surface area contributed by atoms with Crippen LogP contribution in [0.3, 0.4) is 0 Å². The number of hydrogen-bond acceptors (Lipinski definition) is 7. The summed E-state index contributed by atoms with van der Waals surface area (Å²) in [6.07, 6.45) is -1.22. The van der Waals surface area contributed by atoms with E-state index in [4.69, 9.17) is 18.8 Å². The van der Waals surface area contributed by atoms with E-state index in [-0.39, 0.29) is 0 Å². The maximum Gasteiger partial charge on any atom is 0.564 e. The van der Waals surface area contributed by atoms with Crippen LogP contribution in [0.15, 0.2) is 48.5 Å². The molecule has 0 radical (unpaired) electrons. The first-order valence-corrected chi connectivity index (χ1v) is 7.05. The number of rotatable bonds is 6. The van der Waals surface area contributed by atoms with Crippen LogP contribution in [0.25, 0.3) is 0 Å². The lowest BCUT2D eigenvalue weighted by Crippen LogP contribution is -2.41. The fourth-order valence-corrected chi connectivity index (χ4v) is 1.94. The average molecular weight is 330 g/mol. The molecule has 2 rings (SSSR count). The molecule has 0 aliphatic rings. The normalized spacial score (nSPS) is 9.83. The molecule has 0 aliphatic carbocycles. The van der Waals surface area contributed by atoms with Crippen molar-refractivity contribution in [2.45, 2.75) is 0 Å². The van der Waals surface area contributed by atoms with Crippen LogP contribution in [-0.2, 0) is 9.31 Å². The molecule has 0 fully saturated rings. The van der Waals surface area contributed by atoms with Crippen molar-refractivity contribution in [2.75, 3.05) is 14.2 Å². The third-order valence-corrected chi connectivity index (χ3v) is 3.17. The second-order valence-corrected chi connectivity index (χ2v) is 4.74. The molecule has 2 aromatic rings. The zero-order valence-corrected chi connectivity index (χ0v) is 13.2. The van der Waals surface area contributed by atoms with Gasteiger partial charge in [0.1, 0.15) is 11.5 Å². The molecule has 7 nitrogen and oxygen atoms in total. The Morgan fingerprint density at radius 3 is 1.62 bits per heavy atom. The first-order chi connectivity index (χ1) is 11.5. The van der Waals surface area contributed by atoms with Gasteiger partial charge in [-0.05, 0) is 24.3 Å². The van der Waals surface area contributed by atoms with Crippen molar-refractivity contribution in [3.63, 3.8) is 0 Å². The lowest BCUT2D eigenvalue weighted by Gasteiger charge is -2.12. The van der Waals surface area contributed by atoms with Gasteiger partial charge in [-0.2, -0.15) is 0 Å². The maximum absolute atomic E-state index is 11.7. The predicted molar refractivity (Wildman–Crippen MR) is 88.8 cm³/mol. The summed E-state index contributed by atoms with van der Waals surface area (Å²) < 4.78 is 19.5. The Bertz CT molecular complexity index is 638. The molecule has 24 heavy (non-hydrogen) atoms. The number of carbonyl (C=O) groups excluding carboxylic acids is 1. The topological polar surface area (TPSA) is 94.5 Å². The van der Waals surface area contributed by atoms with E-state index in [1.165, 1.54) is 26.4 Å². The van der Waals surface area contributed by atoms with Gasteiger partial charge in [0.25, 0.3) is 0 Å². The highest BCUT2D eigenvalue weighted by molar-refractivity contribution is 6.63. The number of carbonyl (C=O) groups is 1. The SMILES string of the molecule is COc1cccc(B(O)OC(=O)OB(O)c2cccc(OC)c2)c1. The van der Waals surface area contributed by atoms with E-state index in [1.54, 1.807) is 36.4 Å². The quantitative estimate of drug-likeness (QED) is 0.716. The van der Waals surface area contributed by atoms with Gasteiger partial charge in [0.15, 0.2) is 0 Å². The van der Waals surface area contributed by atoms with Crippen LogP contribution < -0.4 is 20.4 Å². The van der Waals surface area contributed by atoms with Crippen LogP contribution in [0.2, 0.25) is 0 Å². The zero-order chi connectivity index (χ0) is 17.5. The van der Waals surface area contributed by atoms with Gasteiger partial charge in [-0.15, -0.1) is 0 Å². The molecule has 0 amide bonds. The maximum atomic E-state index is 11.7. The summed E-state index contributed by atoms with van der Waals surface area (Å²) in [5.41, 5.74) is 0.615. The largest absolute Gasteiger partial charge is 0.564 e. The Labute approximate surface area is 140 Å². The predicted octanol–water partition coefficient (Wildman–Crippen LogP) is -0.0678. The molecule has 0 saturated heterocycles. The fraction of sp³-hybridized carbons (Fsp3) is 0.133. The third-order valence-electron chi connectivity index (χ3n) is 3.17.